The van der Waals surface area contributed by atoms with Gasteiger partial charge in [-0.25, -0.2) is 8.42 Å². The van der Waals surface area contributed by atoms with Gasteiger partial charge in [0, 0.05) is 32.6 Å². The van der Waals surface area contributed by atoms with Gasteiger partial charge in [0.25, 0.3) is 0 Å². The third-order valence-corrected chi connectivity index (χ3v) is 8.08. The molecule has 4 rings (SSSR count). The third-order valence-electron chi connectivity index (χ3n) is 6.18. The molecule has 2 fully saturated rings. The van der Waals surface area contributed by atoms with Gasteiger partial charge in [-0.3, -0.25) is 9.59 Å². The van der Waals surface area contributed by atoms with Crippen LogP contribution in [0.3, 0.4) is 0 Å². The zero-order chi connectivity index (χ0) is 23.4. The summed E-state index contributed by atoms with van der Waals surface area (Å²) in [6.07, 6.45) is 2.83. The number of amides is 2. The van der Waals surface area contributed by atoms with Crippen LogP contribution in [0.25, 0.3) is 0 Å². The summed E-state index contributed by atoms with van der Waals surface area (Å²) in [6.45, 7) is 1.76. The number of ether oxygens (including phenoxy) is 1. The molecule has 2 saturated heterocycles. The van der Waals surface area contributed by atoms with Crippen LogP contribution in [0, 0.1) is 5.92 Å². The minimum Gasteiger partial charge on any atom is -0.495 e. The molecular formula is C24H29N3O5S. The van der Waals surface area contributed by atoms with Crippen molar-refractivity contribution in [3.63, 3.8) is 0 Å². The summed E-state index contributed by atoms with van der Waals surface area (Å²) < 4.78 is 33.0. The van der Waals surface area contributed by atoms with Crippen LogP contribution < -0.4 is 10.1 Å². The average molecular weight is 472 g/mol. The first-order valence-corrected chi connectivity index (χ1v) is 12.6. The molecule has 2 aromatic rings. The molecule has 0 radical (unpaired) electrons. The average Bonchev–Trinajstić information content (AvgIpc) is 3.20. The van der Waals surface area contributed by atoms with E-state index in [0.717, 1.165) is 24.8 Å². The Bertz CT molecular complexity index is 1110. The molecule has 9 heteroatoms. The molecule has 2 aromatic carbocycles. The number of carbonyl (C=O) groups is 2. The van der Waals surface area contributed by atoms with E-state index in [2.05, 4.69) is 5.32 Å². The van der Waals surface area contributed by atoms with E-state index in [-0.39, 0.29) is 28.8 Å². The van der Waals surface area contributed by atoms with Crippen LogP contribution in [-0.4, -0.2) is 56.2 Å². The number of anilines is 1. The predicted octanol–water partition coefficient (Wildman–Crippen LogP) is 2.86. The van der Waals surface area contributed by atoms with E-state index < -0.39 is 15.9 Å². The van der Waals surface area contributed by atoms with Crippen LogP contribution in [0.15, 0.2) is 53.4 Å². The Morgan fingerprint density at radius 1 is 1.09 bits per heavy atom. The summed E-state index contributed by atoms with van der Waals surface area (Å²) in [7, 11) is -2.19. The number of nitrogens with zero attached hydrogens (tertiary/aromatic N) is 2. The van der Waals surface area contributed by atoms with E-state index in [9.17, 15) is 18.0 Å². The van der Waals surface area contributed by atoms with E-state index in [0.29, 0.717) is 31.9 Å². The Kier molecular flexibility index (Phi) is 6.99. The van der Waals surface area contributed by atoms with Gasteiger partial charge >= 0.3 is 0 Å². The zero-order valence-electron chi connectivity index (χ0n) is 18.7. The van der Waals surface area contributed by atoms with E-state index >= 15 is 0 Å². The molecule has 0 bridgehead atoms. The smallest absolute Gasteiger partial charge is 0.243 e. The predicted molar refractivity (Wildman–Crippen MR) is 124 cm³/mol. The maximum absolute atomic E-state index is 13.1. The molecule has 2 aliphatic heterocycles. The third kappa shape index (κ3) is 5.20. The van der Waals surface area contributed by atoms with Crippen molar-refractivity contribution < 1.29 is 22.7 Å². The number of hydrogen-bond donors (Lipinski definition) is 1. The van der Waals surface area contributed by atoms with Gasteiger partial charge in [0.2, 0.25) is 21.8 Å². The maximum Gasteiger partial charge on any atom is 0.243 e. The summed E-state index contributed by atoms with van der Waals surface area (Å²) >= 11 is 0. The number of piperidine rings is 1. The molecule has 0 saturated carbocycles. The summed E-state index contributed by atoms with van der Waals surface area (Å²) in [6, 6.07) is 14.1. The highest BCUT2D eigenvalue weighted by molar-refractivity contribution is 7.89. The SMILES string of the molecule is COc1ccc(S(=O)(=O)N2CCCCC2)cc1NC(=O)[C@@H]1CC(=O)N(Cc2ccccc2)C1. The van der Waals surface area contributed by atoms with Crippen LogP contribution in [0.1, 0.15) is 31.2 Å². The fraction of sp³-hybridized carbons (Fsp3) is 0.417. The van der Waals surface area contributed by atoms with Crippen molar-refractivity contribution in [1.29, 1.82) is 0 Å². The quantitative estimate of drug-likeness (QED) is 0.670. The first-order valence-electron chi connectivity index (χ1n) is 11.2. The molecule has 8 nitrogen and oxygen atoms in total. The monoisotopic (exact) mass is 471 g/mol. The standard InChI is InChI=1S/C24H29N3O5S/c1-32-22-11-10-20(33(30,31)27-12-6-3-7-13-27)15-21(22)25-24(29)19-14-23(28)26(17-19)16-18-8-4-2-5-9-18/h2,4-5,8-11,15,19H,3,6-7,12-14,16-17H2,1H3,(H,25,29)/t19-/m1/s1. The Morgan fingerprint density at radius 3 is 2.52 bits per heavy atom. The molecule has 0 spiro atoms. The topological polar surface area (TPSA) is 96.0 Å². The second kappa shape index (κ2) is 9.93. The molecular weight excluding hydrogens is 442 g/mol. The van der Waals surface area contributed by atoms with Crippen molar-refractivity contribution in [1.82, 2.24) is 9.21 Å². The maximum atomic E-state index is 13.1. The van der Waals surface area contributed by atoms with Gasteiger partial charge in [-0.2, -0.15) is 4.31 Å². The lowest BCUT2D eigenvalue weighted by atomic mass is 10.1. The summed E-state index contributed by atoms with van der Waals surface area (Å²) in [5.74, 6) is -0.559. The number of methoxy groups -OCH3 is 1. The molecule has 2 aliphatic rings. The molecule has 1 atom stereocenters. The van der Waals surface area contributed by atoms with Crippen LogP contribution in [0.2, 0.25) is 0 Å². The second-order valence-corrected chi connectivity index (χ2v) is 10.4. The Labute approximate surface area is 194 Å². The van der Waals surface area contributed by atoms with Crippen molar-refractivity contribution in [3.05, 3.63) is 54.1 Å². The largest absolute Gasteiger partial charge is 0.495 e. The van der Waals surface area contributed by atoms with E-state index in [1.54, 1.807) is 11.0 Å². The number of carbonyl (C=O) groups excluding carboxylic acids is 2. The number of likely N-dealkylation sites (tertiary alicyclic amines) is 1. The van der Waals surface area contributed by atoms with E-state index in [1.165, 1.54) is 23.5 Å². The number of nitrogens with one attached hydrogen (secondary N) is 1. The lowest BCUT2D eigenvalue weighted by Crippen LogP contribution is -2.35. The Morgan fingerprint density at radius 2 is 1.82 bits per heavy atom. The van der Waals surface area contributed by atoms with Crippen molar-refractivity contribution in [3.8, 4) is 5.75 Å². The minimum atomic E-state index is -3.65. The van der Waals surface area contributed by atoms with Crippen molar-refractivity contribution in [2.75, 3.05) is 32.1 Å². The molecule has 0 aromatic heterocycles. The van der Waals surface area contributed by atoms with Crippen molar-refractivity contribution in [2.24, 2.45) is 5.92 Å². The van der Waals surface area contributed by atoms with Crippen molar-refractivity contribution >= 4 is 27.5 Å². The summed E-state index contributed by atoms with van der Waals surface area (Å²) in [5, 5.41) is 2.80. The van der Waals surface area contributed by atoms with Gasteiger partial charge in [0.15, 0.2) is 0 Å². The lowest BCUT2D eigenvalue weighted by Gasteiger charge is -2.26. The second-order valence-electron chi connectivity index (χ2n) is 8.48. The molecule has 2 heterocycles. The first-order chi connectivity index (χ1) is 15.9. The fourth-order valence-corrected chi connectivity index (χ4v) is 5.88. The number of sulfonamides is 1. The zero-order valence-corrected chi connectivity index (χ0v) is 19.5. The number of rotatable bonds is 7. The fourth-order valence-electron chi connectivity index (χ4n) is 4.34. The molecule has 176 valence electrons. The minimum absolute atomic E-state index is 0.0765. The van der Waals surface area contributed by atoms with Gasteiger partial charge in [-0.05, 0) is 36.6 Å². The molecule has 33 heavy (non-hydrogen) atoms. The highest BCUT2D eigenvalue weighted by atomic mass is 32.2. The highest BCUT2D eigenvalue weighted by Gasteiger charge is 2.35. The van der Waals surface area contributed by atoms with E-state index in [4.69, 9.17) is 4.74 Å². The van der Waals surface area contributed by atoms with Crippen LogP contribution >= 0.6 is 0 Å². The van der Waals surface area contributed by atoms with Crippen LogP contribution in [0.4, 0.5) is 5.69 Å². The van der Waals surface area contributed by atoms with Gasteiger partial charge in [0.05, 0.1) is 23.6 Å². The molecule has 1 N–H and O–H groups in total. The van der Waals surface area contributed by atoms with Gasteiger partial charge in [-0.15, -0.1) is 0 Å². The Balaban J connectivity index is 1.48. The lowest BCUT2D eigenvalue weighted by molar-refractivity contribution is -0.128. The molecule has 0 unspecified atom stereocenters. The summed E-state index contributed by atoms with van der Waals surface area (Å²) in [4.78, 5) is 27.2. The van der Waals surface area contributed by atoms with Crippen LogP contribution in [0.5, 0.6) is 5.75 Å². The highest BCUT2D eigenvalue weighted by Crippen LogP contribution is 2.31. The van der Waals surface area contributed by atoms with E-state index in [1.807, 2.05) is 30.3 Å². The van der Waals surface area contributed by atoms with Crippen LogP contribution in [-0.2, 0) is 26.2 Å². The summed E-state index contributed by atoms with van der Waals surface area (Å²) in [5.41, 5.74) is 1.29. The van der Waals surface area contributed by atoms with Gasteiger partial charge in [0.1, 0.15) is 5.75 Å². The Hall–Kier alpha value is -2.91. The first kappa shape index (κ1) is 23.3. The molecule has 0 aliphatic carbocycles. The van der Waals surface area contributed by atoms with Crippen molar-refractivity contribution in [2.45, 2.75) is 37.1 Å². The van der Waals surface area contributed by atoms with Gasteiger partial charge < -0.3 is 15.0 Å². The normalized spacial score (nSPS) is 19.5. The number of benzene rings is 2. The molecule has 2 amide bonds. The number of hydrogen-bond acceptors (Lipinski definition) is 5. The van der Waals surface area contributed by atoms with Gasteiger partial charge in [-0.1, -0.05) is 36.8 Å².